The third-order valence-corrected chi connectivity index (χ3v) is 3.15. The first-order valence-corrected chi connectivity index (χ1v) is 5.49. The summed E-state index contributed by atoms with van der Waals surface area (Å²) in [6.45, 7) is 1.61. The molecule has 1 fully saturated rings. The molecule has 0 saturated carbocycles. The van der Waals surface area contributed by atoms with E-state index in [1.807, 2.05) is 0 Å². The number of nitrogens with one attached hydrogen (secondary N) is 1. The number of hydrogen-bond donors (Lipinski definition) is 2. The molecular formula is C11H14FN3O2. The molecule has 1 saturated heterocycles. The van der Waals surface area contributed by atoms with Crippen LogP contribution in [0.5, 0.6) is 0 Å². The zero-order valence-corrected chi connectivity index (χ0v) is 9.23. The van der Waals surface area contributed by atoms with Gasteiger partial charge < -0.3 is 11.1 Å². The molecule has 0 spiro atoms. The number of nitro benzene ring substituents is 1. The Kier molecular flexibility index (Phi) is 3.35. The van der Waals surface area contributed by atoms with E-state index in [-0.39, 0.29) is 11.6 Å². The summed E-state index contributed by atoms with van der Waals surface area (Å²) in [5.41, 5.74) is 6.20. The molecule has 5 nitrogen and oxygen atoms in total. The van der Waals surface area contributed by atoms with Gasteiger partial charge in [0.1, 0.15) is 5.82 Å². The SMILES string of the molecule is NC(c1ccc(F)cc1[N+](=O)[O-])[C@@H]1CCNC1. The first-order chi connectivity index (χ1) is 8.09. The minimum atomic E-state index is -0.614. The second-order valence-corrected chi connectivity index (χ2v) is 4.24. The van der Waals surface area contributed by atoms with Crippen LogP contribution >= 0.6 is 0 Å². The van der Waals surface area contributed by atoms with Crippen LogP contribution in [0.2, 0.25) is 0 Å². The number of nitrogens with two attached hydrogens (primary N) is 1. The smallest absolute Gasteiger partial charge is 0.277 e. The van der Waals surface area contributed by atoms with Crippen molar-refractivity contribution < 1.29 is 9.31 Å². The van der Waals surface area contributed by atoms with E-state index in [9.17, 15) is 14.5 Å². The van der Waals surface area contributed by atoms with E-state index in [4.69, 9.17) is 5.73 Å². The van der Waals surface area contributed by atoms with Crippen LogP contribution < -0.4 is 11.1 Å². The molecular weight excluding hydrogens is 225 g/mol. The molecule has 0 aromatic heterocycles. The molecule has 92 valence electrons. The number of hydrogen-bond acceptors (Lipinski definition) is 4. The van der Waals surface area contributed by atoms with Crippen molar-refractivity contribution in [3.05, 3.63) is 39.7 Å². The van der Waals surface area contributed by atoms with E-state index in [0.717, 1.165) is 25.6 Å². The monoisotopic (exact) mass is 239 g/mol. The summed E-state index contributed by atoms with van der Waals surface area (Å²) >= 11 is 0. The molecule has 2 atom stereocenters. The average molecular weight is 239 g/mol. The summed E-state index contributed by atoms with van der Waals surface area (Å²) in [5.74, 6) is -0.448. The van der Waals surface area contributed by atoms with Gasteiger partial charge in [-0.05, 0) is 37.6 Å². The van der Waals surface area contributed by atoms with Crippen molar-refractivity contribution in [1.29, 1.82) is 0 Å². The summed E-state index contributed by atoms with van der Waals surface area (Å²) in [6, 6.07) is 3.13. The fourth-order valence-electron chi connectivity index (χ4n) is 2.19. The van der Waals surface area contributed by atoms with Crippen LogP contribution in [0, 0.1) is 21.8 Å². The Balaban J connectivity index is 2.33. The van der Waals surface area contributed by atoms with Crippen molar-refractivity contribution in [3.63, 3.8) is 0 Å². The van der Waals surface area contributed by atoms with Crippen LogP contribution in [0.3, 0.4) is 0 Å². The number of nitro groups is 1. The minimum Gasteiger partial charge on any atom is -0.323 e. The van der Waals surface area contributed by atoms with Gasteiger partial charge in [0, 0.05) is 11.6 Å². The number of halogens is 1. The Bertz CT molecular complexity index is 433. The predicted octanol–water partition coefficient (Wildman–Crippen LogP) is 1.34. The molecule has 0 bridgehead atoms. The maximum absolute atomic E-state index is 13.0. The Labute approximate surface area is 98.0 Å². The van der Waals surface area contributed by atoms with E-state index < -0.39 is 16.8 Å². The van der Waals surface area contributed by atoms with Gasteiger partial charge in [-0.3, -0.25) is 10.1 Å². The van der Waals surface area contributed by atoms with Crippen LogP contribution in [0.15, 0.2) is 18.2 Å². The minimum absolute atomic E-state index is 0.166. The van der Waals surface area contributed by atoms with Gasteiger partial charge in [0.2, 0.25) is 0 Å². The van der Waals surface area contributed by atoms with E-state index in [0.29, 0.717) is 5.56 Å². The van der Waals surface area contributed by atoms with Gasteiger partial charge in [0.15, 0.2) is 0 Å². The summed E-state index contributed by atoms with van der Waals surface area (Å²) in [4.78, 5) is 10.3. The normalized spacial score (nSPS) is 21.4. The van der Waals surface area contributed by atoms with Gasteiger partial charge in [0.05, 0.1) is 11.0 Å². The van der Waals surface area contributed by atoms with Crippen LogP contribution in [0.1, 0.15) is 18.0 Å². The van der Waals surface area contributed by atoms with Crippen LogP contribution in [0.25, 0.3) is 0 Å². The summed E-state index contributed by atoms with van der Waals surface area (Å²) in [7, 11) is 0. The molecule has 1 unspecified atom stereocenters. The highest BCUT2D eigenvalue weighted by atomic mass is 19.1. The lowest BCUT2D eigenvalue weighted by Crippen LogP contribution is -2.24. The number of benzene rings is 1. The van der Waals surface area contributed by atoms with Crippen LogP contribution in [0.4, 0.5) is 10.1 Å². The maximum Gasteiger partial charge on any atom is 0.277 e. The second kappa shape index (κ2) is 4.77. The third kappa shape index (κ3) is 2.42. The van der Waals surface area contributed by atoms with Crippen molar-refractivity contribution in [2.75, 3.05) is 13.1 Å². The molecule has 1 aromatic rings. The quantitative estimate of drug-likeness (QED) is 0.616. The van der Waals surface area contributed by atoms with Gasteiger partial charge in [-0.25, -0.2) is 4.39 Å². The molecule has 3 N–H and O–H groups in total. The Morgan fingerprint density at radius 2 is 2.35 bits per heavy atom. The maximum atomic E-state index is 13.0. The lowest BCUT2D eigenvalue weighted by Gasteiger charge is -2.18. The van der Waals surface area contributed by atoms with Gasteiger partial charge in [-0.15, -0.1) is 0 Å². The zero-order valence-electron chi connectivity index (χ0n) is 9.23. The molecule has 2 rings (SSSR count). The van der Waals surface area contributed by atoms with Crippen LogP contribution in [-0.4, -0.2) is 18.0 Å². The first-order valence-electron chi connectivity index (χ1n) is 5.49. The highest BCUT2D eigenvalue weighted by Gasteiger charge is 2.28. The third-order valence-electron chi connectivity index (χ3n) is 3.15. The molecule has 1 heterocycles. The largest absolute Gasteiger partial charge is 0.323 e. The molecule has 1 aromatic carbocycles. The molecule has 1 aliphatic rings. The van der Waals surface area contributed by atoms with Gasteiger partial charge in [-0.1, -0.05) is 0 Å². The highest BCUT2D eigenvalue weighted by molar-refractivity contribution is 5.42. The van der Waals surface area contributed by atoms with Gasteiger partial charge >= 0.3 is 0 Å². The summed E-state index contributed by atoms with van der Waals surface area (Å²) in [6.07, 6.45) is 0.885. The Hall–Kier alpha value is -1.53. The van der Waals surface area contributed by atoms with Crippen molar-refractivity contribution in [3.8, 4) is 0 Å². The molecule has 0 amide bonds. The van der Waals surface area contributed by atoms with Crippen molar-refractivity contribution in [2.45, 2.75) is 12.5 Å². The first kappa shape index (κ1) is 11.9. The van der Waals surface area contributed by atoms with E-state index >= 15 is 0 Å². The Morgan fingerprint density at radius 1 is 1.59 bits per heavy atom. The van der Waals surface area contributed by atoms with E-state index in [1.54, 1.807) is 0 Å². The fourth-order valence-corrected chi connectivity index (χ4v) is 2.19. The van der Waals surface area contributed by atoms with Crippen molar-refractivity contribution in [2.24, 2.45) is 11.7 Å². The van der Waals surface area contributed by atoms with Gasteiger partial charge in [-0.2, -0.15) is 0 Å². The zero-order chi connectivity index (χ0) is 12.4. The molecule has 1 aliphatic heterocycles. The molecule has 17 heavy (non-hydrogen) atoms. The predicted molar refractivity (Wildman–Crippen MR) is 61.0 cm³/mol. The van der Waals surface area contributed by atoms with Crippen LogP contribution in [-0.2, 0) is 0 Å². The van der Waals surface area contributed by atoms with Crippen molar-refractivity contribution in [1.82, 2.24) is 5.32 Å². The fraction of sp³-hybridized carbons (Fsp3) is 0.455. The topological polar surface area (TPSA) is 81.2 Å². The summed E-state index contributed by atoms with van der Waals surface area (Å²) < 4.78 is 13.0. The molecule has 6 heteroatoms. The van der Waals surface area contributed by atoms with Gasteiger partial charge in [0.25, 0.3) is 5.69 Å². The van der Waals surface area contributed by atoms with Crippen molar-refractivity contribution >= 4 is 5.69 Å². The number of nitrogens with zero attached hydrogens (tertiary/aromatic N) is 1. The summed E-state index contributed by atoms with van der Waals surface area (Å²) in [5, 5.41) is 14.0. The van der Waals surface area contributed by atoms with E-state index in [1.165, 1.54) is 12.1 Å². The number of rotatable bonds is 3. The lowest BCUT2D eigenvalue weighted by atomic mass is 9.92. The molecule has 0 aliphatic carbocycles. The second-order valence-electron chi connectivity index (χ2n) is 4.24. The average Bonchev–Trinajstić information content (AvgIpc) is 2.81. The standard InChI is InChI=1S/C11H14FN3O2/c12-8-1-2-9(10(5-8)15(16)17)11(13)7-3-4-14-6-7/h1-2,5,7,11,14H,3-4,6,13H2/t7-,11?/m1/s1. The lowest BCUT2D eigenvalue weighted by molar-refractivity contribution is -0.386. The highest BCUT2D eigenvalue weighted by Crippen LogP contribution is 2.31. The Morgan fingerprint density at radius 3 is 2.94 bits per heavy atom. The molecule has 0 radical (unpaired) electrons. The van der Waals surface area contributed by atoms with E-state index in [2.05, 4.69) is 5.32 Å².